The fourth-order valence-electron chi connectivity index (χ4n) is 7.04. The van der Waals surface area contributed by atoms with Gasteiger partial charge in [0.2, 0.25) is 0 Å². The van der Waals surface area contributed by atoms with Crippen LogP contribution in [0.25, 0.3) is 54.6 Å². The molecule has 0 aromatic heterocycles. The lowest BCUT2D eigenvalue weighted by molar-refractivity contribution is 0.414. The second-order valence-electron chi connectivity index (χ2n) is 14.2. The van der Waals surface area contributed by atoms with Gasteiger partial charge in [-0.2, -0.15) is 0 Å². The number of benzene rings is 8. The molecular formula is C50H38O2. The average molecular weight is 671 g/mol. The second-order valence-corrected chi connectivity index (χ2v) is 14.2. The van der Waals surface area contributed by atoms with Crippen LogP contribution >= 0.6 is 0 Å². The van der Waals surface area contributed by atoms with Crippen LogP contribution in [0.5, 0.6) is 11.5 Å². The largest absolute Gasteiger partial charge is 0.497 e. The summed E-state index contributed by atoms with van der Waals surface area (Å²) in [6.07, 6.45) is 0. The van der Waals surface area contributed by atoms with Gasteiger partial charge in [0, 0.05) is 22.3 Å². The van der Waals surface area contributed by atoms with E-state index in [9.17, 15) is 0 Å². The van der Waals surface area contributed by atoms with Gasteiger partial charge in [0.25, 0.3) is 0 Å². The third kappa shape index (κ3) is 6.11. The Balaban J connectivity index is 1.53. The zero-order valence-corrected chi connectivity index (χ0v) is 30.1. The molecule has 0 saturated heterocycles. The maximum atomic E-state index is 5.41. The summed E-state index contributed by atoms with van der Waals surface area (Å²) in [4.78, 5) is 0. The lowest BCUT2D eigenvalue weighted by Crippen LogP contribution is -2.11. The van der Waals surface area contributed by atoms with Crippen LogP contribution in [-0.4, -0.2) is 14.2 Å². The van der Waals surface area contributed by atoms with Crippen molar-refractivity contribution in [2.45, 2.75) is 26.2 Å². The van der Waals surface area contributed by atoms with E-state index < -0.39 is 0 Å². The van der Waals surface area contributed by atoms with Gasteiger partial charge in [-0.1, -0.05) is 105 Å². The lowest BCUT2D eigenvalue weighted by atomic mass is 9.79. The Hall–Kier alpha value is -6.48. The van der Waals surface area contributed by atoms with Crippen molar-refractivity contribution < 1.29 is 9.47 Å². The van der Waals surface area contributed by atoms with Crippen LogP contribution in [-0.2, 0) is 5.41 Å². The van der Waals surface area contributed by atoms with E-state index in [1.165, 1.54) is 49.4 Å². The van der Waals surface area contributed by atoms with Crippen molar-refractivity contribution >= 4 is 32.3 Å². The Morgan fingerprint density at radius 3 is 1.21 bits per heavy atom. The fourth-order valence-corrected chi connectivity index (χ4v) is 7.04. The van der Waals surface area contributed by atoms with Crippen molar-refractivity contribution in [3.63, 3.8) is 0 Å². The molecule has 8 aromatic carbocycles. The van der Waals surface area contributed by atoms with Gasteiger partial charge in [-0.3, -0.25) is 0 Å². The summed E-state index contributed by atoms with van der Waals surface area (Å²) in [5.74, 6) is 15.9. The van der Waals surface area contributed by atoms with Crippen LogP contribution in [0.1, 0.15) is 48.6 Å². The van der Waals surface area contributed by atoms with Crippen molar-refractivity contribution in [3.05, 3.63) is 167 Å². The summed E-state index contributed by atoms with van der Waals surface area (Å²) in [7, 11) is 3.37. The summed E-state index contributed by atoms with van der Waals surface area (Å²) < 4.78 is 10.8. The Labute approximate surface area is 306 Å². The molecule has 0 spiro atoms. The SMILES string of the molecule is COc1ccc(C#Cc2cc3c(-c4ccccc4)cc(-c4ccccc4)c4cc(C#Cc5ccc(OC)cc5)c5cc(C(C)(C)C)cc2c5c34)cc1. The Kier molecular flexibility index (Phi) is 8.39. The minimum atomic E-state index is -0.101. The summed E-state index contributed by atoms with van der Waals surface area (Å²) in [6, 6.07) is 49.0. The summed E-state index contributed by atoms with van der Waals surface area (Å²) >= 11 is 0. The zero-order valence-electron chi connectivity index (χ0n) is 30.1. The van der Waals surface area contributed by atoms with Crippen molar-refractivity contribution in [1.82, 2.24) is 0 Å². The Morgan fingerprint density at radius 2 is 0.827 bits per heavy atom. The first-order valence-corrected chi connectivity index (χ1v) is 17.6. The van der Waals surface area contributed by atoms with Crippen molar-refractivity contribution in [3.8, 4) is 57.4 Å². The molecule has 0 atom stereocenters. The highest BCUT2D eigenvalue weighted by molar-refractivity contribution is 6.30. The van der Waals surface area contributed by atoms with Gasteiger partial charge < -0.3 is 9.47 Å². The molecule has 0 heterocycles. The third-order valence-electron chi connectivity index (χ3n) is 9.85. The minimum absolute atomic E-state index is 0.101. The summed E-state index contributed by atoms with van der Waals surface area (Å²) in [5.41, 5.74) is 9.69. The number of methoxy groups -OCH3 is 2. The average Bonchev–Trinajstić information content (AvgIpc) is 3.18. The minimum Gasteiger partial charge on any atom is -0.497 e. The number of ether oxygens (including phenoxy) is 2. The van der Waals surface area contributed by atoms with Crippen LogP contribution in [0.4, 0.5) is 0 Å². The van der Waals surface area contributed by atoms with Gasteiger partial charge in [0.1, 0.15) is 11.5 Å². The predicted octanol–water partition coefficient (Wildman–Crippen LogP) is 12.0. The molecule has 250 valence electrons. The van der Waals surface area contributed by atoms with Gasteiger partial charge in [0.05, 0.1) is 14.2 Å². The second kappa shape index (κ2) is 13.3. The van der Waals surface area contributed by atoms with Crippen LogP contribution in [0.2, 0.25) is 0 Å². The van der Waals surface area contributed by atoms with Crippen LogP contribution < -0.4 is 9.47 Å². The Bertz CT molecular complexity index is 2520. The van der Waals surface area contributed by atoms with Crippen molar-refractivity contribution in [2.24, 2.45) is 0 Å². The maximum absolute atomic E-state index is 5.41. The van der Waals surface area contributed by atoms with Crippen LogP contribution in [0, 0.1) is 23.7 Å². The van der Waals surface area contributed by atoms with Crippen LogP contribution in [0.15, 0.2) is 140 Å². The smallest absolute Gasteiger partial charge is 0.118 e. The highest BCUT2D eigenvalue weighted by atomic mass is 16.5. The monoisotopic (exact) mass is 670 g/mol. The molecule has 8 rings (SSSR count). The molecule has 0 amide bonds. The van der Waals surface area contributed by atoms with Crippen LogP contribution in [0.3, 0.4) is 0 Å². The molecule has 0 unspecified atom stereocenters. The van der Waals surface area contributed by atoms with E-state index in [4.69, 9.17) is 9.47 Å². The molecule has 0 fully saturated rings. The molecule has 0 N–H and O–H groups in total. The first kappa shape index (κ1) is 32.7. The van der Waals surface area contributed by atoms with E-state index in [2.05, 4.69) is 135 Å². The van der Waals surface area contributed by atoms with Gasteiger partial charge >= 0.3 is 0 Å². The number of hydrogen-bond acceptors (Lipinski definition) is 2. The highest BCUT2D eigenvalue weighted by Crippen LogP contribution is 2.47. The molecule has 2 heteroatoms. The molecular weight excluding hydrogens is 633 g/mol. The van der Waals surface area contributed by atoms with E-state index in [0.29, 0.717) is 0 Å². The maximum Gasteiger partial charge on any atom is 0.118 e. The highest BCUT2D eigenvalue weighted by Gasteiger charge is 2.23. The standard InChI is InChI=1S/C50H38O2/c1-50(2,3)39-30-44-37(22-16-33-18-24-40(51-4)25-19-33)28-46-42(35-12-8-6-9-13-35)32-43(36-14-10-7-11-15-36)47-29-38(45(31-39)48(44)49(46)47)23-17-34-20-26-41(52-5)27-21-34/h6-15,18-21,24-32H,1-5H3. The van der Waals surface area contributed by atoms with Crippen molar-refractivity contribution in [2.75, 3.05) is 14.2 Å². The fraction of sp³-hybridized carbons (Fsp3) is 0.120. The number of hydrogen-bond donors (Lipinski definition) is 0. The van der Waals surface area contributed by atoms with E-state index in [1.54, 1.807) is 14.2 Å². The molecule has 52 heavy (non-hydrogen) atoms. The first-order chi connectivity index (χ1) is 25.3. The molecule has 0 aliphatic rings. The predicted molar refractivity (Wildman–Crippen MR) is 218 cm³/mol. The molecule has 0 radical (unpaired) electrons. The molecule has 8 aromatic rings. The van der Waals surface area contributed by atoms with E-state index in [0.717, 1.165) is 44.5 Å². The molecule has 0 bridgehead atoms. The molecule has 0 aliphatic heterocycles. The van der Waals surface area contributed by atoms with Crippen molar-refractivity contribution in [1.29, 1.82) is 0 Å². The molecule has 0 saturated carbocycles. The van der Waals surface area contributed by atoms with E-state index in [1.807, 2.05) is 48.5 Å². The quantitative estimate of drug-likeness (QED) is 0.137. The van der Waals surface area contributed by atoms with Gasteiger partial charge in [-0.15, -0.1) is 0 Å². The summed E-state index contributed by atoms with van der Waals surface area (Å²) in [5, 5.41) is 7.05. The Morgan fingerprint density at radius 1 is 0.423 bits per heavy atom. The van der Waals surface area contributed by atoms with Gasteiger partial charge in [0.15, 0.2) is 0 Å². The van der Waals surface area contributed by atoms with E-state index >= 15 is 0 Å². The van der Waals surface area contributed by atoms with Gasteiger partial charge in [-0.05, 0) is 144 Å². The normalized spacial score (nSPS) is 11.2. The van der Waals surface area contributed by atoms with Gasteiger partial charge in [-0.25, -0.2) is 0 Å². The van der Waals surface area contributed by atoms with E-state index in [-0.39, 0.29) is 5.41 Å². The summed E-state index contributed by atoms with van der Waals surface area (Å²) in [6.45, 7) is 6.81. The molecule has 0 aliphatic carbocycles. The first-order valence-electron chi connectivity index (χ1n) is 17.6. The zero-order chi connectivity index (χ0) is 35.8. The number of rotatable bonds is 4. The topological polar surface area (TPSA) is 18.5 Å². The molecule has 2 nitrogen and oxygen atoms in total. The third-order valence-corrected chi connectivity index (χ3v) is 9.85. The lowest BCUT2D eigenvalue weighted by Gasteiger charge is -2.24.